The summed E-state index contributed by atoms with van der Waals surface area (Å²) in [7, 11) is 0. The molecule has 0 spiro atoms. The van der Waals surface area contributed by atoms with Gasteiger partial charge >= 0.3 is 0 Å². The van der Waals surface area contributed by atoms with E-state index in [1.807, 2.05) is 0 Å². The number of carbonyl (C=O) groups is 2. The molecular formula is C18H17ClFNO2. The topological polar surface area (TPSA) is 46.2 Å². The van der Waals surface area contributed by atoms with Crippen LogP contribution in [0.3, 0.4) is 0 Å². The van der Waals surface area contributed by atoms with E-state index in [1.54, 1.807) is 43.3 Å². The van der Waals surface area contributed by atoms with Crippen molar-refractivity contribution in [3.63, 3.8) is 0 Å². The lowest BCUT2D eigenvalue weighted by Gasteiger charge is -2.06. The fourth-order valence-corrected chi connectivity index (χ4v) is 2.17. The lowest BCUT2D eigenvalue weighted by atomic mass is 10.1. The predicted octanol–water partition coefficient (Wildman–Crippen LogP) is 4.07. The van der Waals surface area contributed by atoms with Crippen molar-refractivity contribution in [2.45, 2.75) is 26.3 Å². The van der Waals surface area contributed by atoms with E-state index in [9.17, 15) is 14.0 Å². The number of aryl methyl sites for hydroxylation is 1. The Morgan fingerprint density at radius 2 is 1.78 bits per heavy atom. The van der Waals surface area contributed by atoms with Crippen LogP contribution in [0.4, 0.5) is 4.39 Å². The molecule has 3 nitrogen and oxygen atoms in total. The number of halogens is 2. The summed E-state index contributed by atoms with van der Waals surface area (Å²) in [5, 5.41) is 3.24. The Bertz CT molecular complexity index is 713. The Hall–Kier alpha value is -2.20. The van der Waals surface area contributed by atoms with Gasteiger partial charge in [-0.25, -0.2) is 4.39 Å². The summed E-state index contributed by atoms with van der Waals surface area (Å²) >= 11 is 5.76. The lowest BCUT2D eigenvalue weighted by Crippen LogP contribution is -2.23. The zero-order chi connectivity index (χ0) is 16.8. The van der Waals surface area contributed by atoms with Gasteiger partial charge in [-0.3, -0.25) is 9.59 Å². The summed E-state index contributed by atoms with van der Waals surface area (Å²) in [5.41, 5.74) is 1.78. The minimum absolute atomic E-state index is 0.0931. The highest BCUT2D eigenvalue weighted by Crippen LogP contribution is 2.12. The van der Waals surface area contributed by atoms with Gasteiger partial charge in [-0.15, -0.1) is 0 Å². The highest BCUT2D eigenvalue weighted by atomic mass is 35.5. The lowest BCUT2D eigenvalue weighted by molar-refractivity contribution is -0.121. The molecule has 0 aromatic heterocycles. The van der Waals surface area contributed by atoms with Crippen molar-refractivity contribution in [2.24, 2.45) is 0 Å². The van der Waals surface area contributed by atoms with Crippen LogP contribution in [0.15, 0.2) is 42.5 Å². The Morgan fingerprint density at radius 3 is 2.43 bits per heavy atom. The number of carbonyl (C=O) groups excluding carboxylic acids is 2. The van der Waals surface area contributed by atoms with Gasteiger partial charge in [-0.2, -0.15) is 0 Å². The van der Waals surface area contributed by atoms with Crippen LogP contribution in [0.1, 0.15) is 34.3 Å². The zero-order valence-corrected chi connectivity index (χ0v) is 13.5. The molecule has 0 aliphatic heterocycles. The standard InChI is InChI=1S/C18H17ClFNO2/c1-12-2-3-13(10-16(12)20)11-21-18(23)9-8-17(22)14-4-6-15(19)7-5-14/h2-7,10H,8-9,11H2,1H3,(H,21,23). The molecule has 2 aromatic rings. The van der Waals surface area contributed by atoms with Gasteiger partial charge in [0, 0.05) is 30.0 Å². The number of hydrogen-bond donors (Lipinski definition) is 1. The molecule has 1 amide bonds. The highest BCUT2D eigenvalue weighted by molar-refractivity contribution is 6.30. The normalized spacial score (nSPS) is 10.4. The average molecular weight is 334 g/mol. The van der Waals surface area contributed by atoms with Crippen LogP contribution in [0.5, 0.6) is 0 Å². The molecule has 23 heavy (non-hydrogen) atoms. The van der Waals surface area contributed by atoms with Gasteiger partial charge in [0.2, 0.25) is 5.91 Å². The van der Waals surface area contributed by atoms with Crippen molar-refractivity contribution in [1.82, 2.24) is 5.32 Å². The minimum Gasteiger partial charge on any atom is -0.352 e. The number of hydrogen-bond acceptors (Lipinski definition) is 2. The van der Waals surface area contributed by atoms with Gasteiger partial charge in [0.25, 0.3) is 0 Å². The molecule has 2 rings (SSSR count). The molecule has 5 heteroatoms. The molecule has 0 atom stereocenters. The van der Waals surface area contributed by atoms with E-state index >= 15 is 0 Å². The summed E-state index contributed by atoms with van der Waals surface area (Å²) in [5.74, 6) is -0.652. The van der Waals surface area contributed by atoms with Gasteiger partial charge in [0.05, 0.1) is 0 Å². The number of ketones is 1. The van der Waals surface area contributed by atoms with Crippen LogP contribution >= 0.6 is 11.6 Å². The predicted molar refractivity (Wildman–Crippen MR) is 88.0 cm³/mol. The second kappa shape index (κ2) is 7.88. The summed E-state index contributed by atoms with van der Waals surface area (Å²) < 4.78 is 13.4. The SMILES string of the molecule is Cc1ccc(CNC(=O)CCC(=O)c2ccc(Cl)cc2)cc1F. The second-order valence-electron chi connectivity index (χ2n) is 5.29. The van der Waals surface area contributed by atoms with E-state index in [0.29, 0.717) is 21.7 Å². The molecule has 0 saturated heterocycles. The third kappa shape index (κ3) is 5.18. The van der Waals surface area contributed by atoms with E-state index in [4.69, 9.17) is 11.6 Å². The molecule has 0 aliphatic rings. The molecule has 120 valence electrons. The first-order valence-corrected chi connectivity index (χ1v) is 7.64. The molecule has 0 aliphatic carbocycles. The van der Waals surface area contributed by atoms with E-state index in [2.05, 4.69) is 5.32 Å². The minimum atomic E-state index is -0.297. The highest BCUT2D eigenvalue weighted by Gasteiger charge is 2.09. The van der Waals surface area contributed by atoms with E-state index in [1.165, 1.54) is 6.07 Å². The summed E-state index contributed by atoms with van der Waals surface area (Å²) in [6, 6.07) is 11.4. The van der Waals surface area contributed by atoms with Crippen molar-refractivity contribution in [1.29, 1.82) is 0 Å². The first-order valence-electron chi connectivity index (χ1n) is 7.26. The molecule has 0 bridgehead atoms. The number of nitrogens with one attached hydrogen (secondary N) is 1. The summed E-state index contributed by atoms with van der Waals surface area (Å²) in [6.07, 6.45) is 0.214. The van der Waals surface area contributed by atoms with Crippen molar-refractivity contribution in [2.75, 3.05) is 0 Å². The Labute approximate surface area is 139 Å². The van der Waals surface area contributed by atoms with Gasteiger partial charge in [0.1, 0.15) is 5.82 Å². The van der Waals surface area contributed by atoms with Gasteiger partial charge in [0.15, 0.2) is 5.78 Å². The Kier molecular flexibility index (Phi) is 5.88. The molecule has 2 aromatic carbocycles. The maximum Gasteiger partial charge on any atom is 0.220 e. The van der Waals surface area contributed by atoms with Gasteiger partial charge in [-0.1, -0.05) is 23.7 Å². The van der Waals surface area contributed by atoms with Crippen molar-refractivity contribution in [3.8, 4) is 0 Å². The monoisotopic (exact) mass is 333 g/mol. The third-order valence-corrected chi connectivity index (χ3v) is 3.72. The van der Waals surface area contributed by atoms with Crippen LogP contribution in [-0.2, 0) is 11.3 Å². The number of amides is 1. The Balaban J connectivity index is 1.79. The first kappa shape index (κ1) is 17.2. The van der Waals surface area contributed by atoms with Crippen LogP contribution in [0.2, 0.25) is 5.02 Å². The quantitative estimate of drug-likeness (QED) is 0.810. The zero-order valence-electron chi connectivity index (χ0n) is 12.7. The summed E-state index contributed by atoms with van der Waals surface area (Å²) in [4.78, 5) is 23.7. The average Bonchev–Trinajstić information content (AvgIpc) is 2.54. The number of rotatable bonds is 6. The molecule has 0 unspecified atom stereocenters. The maximum atomic E-state index is 13.4. The van der Waals surface area contributed by atoms with E-state index in [0.717, 1.165) is 0 Å². The molecule has 0 fully saturated rings. The molecule has 1 N–H and O–H groups in total. The van der Waals surface area contributed by atoms with Crippen molar-refractivity contribution < 1.29 is 14.0 Å². The molecule has 0 saturated carbocycles. The summed E-state index contributed by atoms with van der Waals surface area (Å²) in [6.45, 7) is 1.92. The van der Waals surface area contributed by atoms with Gasteiger partial charge < -0.3 is 5.32 Å². The van der Waals surface area contributed by atoms with E-state index in [-0.39, 0.29) is 36.9 Å². The van der Waals surface area contributed by atoms with Crippen LogP contribution in [0, 0.1) is 12.7 Å². The fourth-order valence-electron chi connectivity index (χ4n) is 2.04. The Morgan fingerprint density at radius 1 is 1.09 bits per heavy atom. The largest absolute Gasteiger partial charge is 0.352 e. The maximum absolute atomic E-state index is 13.4. The smallest absolute Gasteiger partial charge is 0.220 e. The van der Waals surface area contributed by atoms with Crippen LogP contribution in [-0.4, -0.2) is 11.7 Å². The van der Waals surface area contributed by atoms with Gasteiger partial charge in [-0.05, 0) is 48.4 Å². The second-order valence-corrected chi connectivity index (χ2v) is 5.73. The van der Waals surface area contributed by atoms with Crippen LogP contribution in [0.25, 0.3) is 0 Å². The molecule has 0 radical (unpaired) electrons. The molecular weight excluding hydrogens is 317 g/mol. The van der Waals surface area contributed by atoms with Crippen LogP contribution < -0.4 is 5.32 Å². The van der Waals surface area contributed by atoms with E-state index < -0.39 is 0 Å². The molecule has 0 heterocycles. The third-order valence-electron chi connectivity index (χ3n) is 3.47. The van der Waals surface area contributed by atoms with Crippen molar-refractivity contribution in [3.05, 3.63) is 70.0 Å². The number of benzene rings is 2. The first-order chi connectivity index (χ1) is 11.0. The number of Topliss-reactive ketones (excluding diaryl/α,β-unsaturated/α-hetero) is 1. The fraction of sp³-hybridized carbons (Fsp3) is 0.222. The van der Waals surface area contributed by atoms with Crippen molar-refractivity contribution >= 4 is 23.3 Å².